The second kappa shape index (κ2) is 6.78. The fourth-order valence-electron chi connectivity index (χ4n) is 1.84. The second-order valence-corrected chi connectivity index (χ2v) is 6.25. The van der Waals surface area contributed by atoms with Crippen LogP contribution in [-0.2, 0) is 6.42 Å². The van der Waals surface area contributed by atoms with Crippen molar-refractivity contribution in [3.63, 3.8) is 0 Å². The zero-order valence-corrected chi connectivity index (χ0v) is 13.6. The number of nitrogens with two attached hydrogens (primary N) is 1. The molecule has 1 aromatic heterocycles. The smallest absolute Gasteiger partial charge is 0.251 e. The summed E-state index contributed by atoms with van der Waals surface area (Å²) in [5, 5.41) is 3.85. The van der Waals surface area contributed by atoms with E-state index in [4.69, 9.17) is 18.0 Å². The van der Waals surface area contributed by atoms with Crippen molar-refractivity contribution >= 4 is 34.5 Å². The molecule has 1 amide bonds. The maximum Gasteiger partial charge on any atom is 0.251 e. The molecule has 0 aliphatic carbocycles. The molecule has 0 bridgehead atoms. The topological polar surface area (TPSA) is 68.0 Å². The summed E-state index contributed by atoms with van der Waals surface area (Å²) in [4.78, 5) is 18.1. The molecule has 2 aromatic rings. The molecule has 0 fully saturated rings. The molecule has 0 aliphatic rings. The molecule has 2 rings (SSSR count). The molecule has 1 aromatic carbocycles. The van der Waals surface area contributed by atoms with Crippen LogP contribution in [0.3, 0.4) is 0 Å². The van der Waals surface area contributed by atoms with Crippen molar-refractivity contribution in [1.82, 2.24) is 10.3 Å². The van der Waals surface area contributed by atoms with Gasteiger partial charge in [-0.05, 0) is 25.5 Å². The fraction of sp³-hybridized carbons (Fsp3) is 0.267. The summed E-state index contributed by atoms with van der Waals surface area (Å²) in [7, 11) is 0. The average Bonchev–Trinajstić information content (AvgIpc) is 2.96. The first kappa shape index (κ1) is 15.6. The first-order valence-electron chi connectivity index (χ1n) is 6.66. The van der Waals surface area contributed by atoms with Crippen LogP contribution in [0.15, 0.2) is 30.5 Å². The maximum atomic E-state index is 12.3. The number of aryl methyl sites for hydroxylation is 1. The van der Waals surface area contributed by atoms with Gasteiger partial charge in [0.25, 0.3) is 5.91 Å². The molecule has 21 heavy (non-hydrogen) atoms. The number of thiocarbonyl (C=S) groups is 1. The van der Waals surface area contributed by atoms with Gasteiger partial charge in [0, 0.05) is 22.2 Å². The SMILES string of the molecule is CCc1cnc(C(C)NC(=O)c2cccc(C(N)=S)c2)s1. The van der Waals surface area contributed by atoms with E-state index in [2.05, 4.69) is 17.2 Å². The molecule has 0 saturated heterocycles. The van der Waals surface area contributed by atoms with Gasteiger partial charge in [0.1, 0.15) is 10.00 Å². The minimum absolute atomic E-state index is 0.128. The largest absolute Gasteiger partial charge is 0.389 e. The average molecular weight is 319 g/mol. The number of rotatable bonds is 5. The summed E-state index contributed by atoms with van der Waals surface area (Å²) >= 11 is 6.55. The number of carbonyl (C=O) groups excluding carboxylic acids is 1. The Morgan fingerprint density at radius 3 is 2.81 bits per heavy atom. The molecular weight excluding hydrogens is 302 g/mol. The van der Waals surface area contributed by atoms with Crippen molar-refractivity contribution in [2.45, 2.75) is 26.3 Å². The molecule has 1 heterocycles. The van der Waals surface area contributed by atoms with E-state index in [-0.39, 0.29) is 16.9 Å². The fourth-order valence-corrected chi connectivity index (χ4v) is 2.83. The Kier molecular flexibility index (Phi) is 5.03. The van der Waals surface area contributed by atoms with Gasteiger partial charge in [0.05, 0.1) is 6.04 Å². The standard InChI is InChI=1S/C15H17N3OS2/c1-3-12-8-17-15(21-12)9(2)18-14(19)11-6-4-5-10(7-11)13(16)20/h4-9H,3H2,1-2H3,(H2,16,20)(H,18,19). The summed E-state index contributed by atoms with van der Waals surface area (Å²) < 4.78 is 0. The number of amides is 1. The Bertz CT molecular complexity index is 666. The number of aromatic nitrogens is 1. The van der Waals surface area contributed by atoms with E-state index in [1.807, 2.05) is 13.1 Å². The van der Waals surface area contributed by atoms with Gasteiger partial charge in [-0.1, -0.05) is 31.3 Å². The molecule has 0 radical (unpaired) electrons. The number of nitrogens with zero attached hydrogens (tertiary/aromatic N) is 1. The summed E-state index contributed by atoms with van der Waals surface area (Å²) in [5.41, 5.74) is 6.81. The lowest BCUT2D eigenvalue weighted by Crippen LogP contribution is -2.26. The van der Waals surface area contributed by atoms with E-state index in [1.54, 1.807) is 35.6 Å². The normalized spacial score (nSPS) is 11.9. The van der Waals surface area contributed by atoms with Gasteiger partial charge in [-0.3, -0.25) is 4.79 Å². The number of nitrogens with one attached hydrogen (secondary N) is 1. The number of carbonyl (C=O) groups is 1. The van der Waals surface area contributed by atoms with Gasteiger partial charge in [-0.25, -0.2) is 4.98 Å². The first-order valence-corrected chi connectivity index (χ1v) is 7.89. The molecule has 4 nitrogen and oxygen atoms in total. The van der Waals surface area contributed by atoms with Gasteiger partial charge in [-0.15, -0.1) is 11.3 Å². The summed E-state index contributed by atoms with van der Waals surface area (Å²) in [6, 6.07) is 6.87. The predicted octanol–water partition coefficient (Wildman–Crippen LogP) is 2.83. The van der Waals surface area contributed by atoms with Gasteiger partial charge in [0.15, 0.2) is 0 Å². The van der Waals surface area contributed by atoms with Crippen molar-refractivity contribution in [1.29, 1.82) is 0 Å². The van der Waals surface area contributed by atoms with Gasteiger partial charge in [-0.2, -0.15) is 0 Å². The second-order valence-electron chi connectivity index (χ2n) is 4.66. The monoisotopic (exact) mass is 319 g/mol. The highest BCUT2D eigenvalue weighted by Gasteiger charge is 2.15. The van der Waals surface area contributed by atoms with E-state index in [1.165, 1.54) is 4.88 Å². The van der Waals surface area contributed by atoms with Crippen molar-refractivity contribution < 1.29 is 4.79 Å². The Labute approximate surface area is 133 Å². The molecule has 0 saturated carbocycles. The van der Waals surface area contributed by atoms with Crippen LogP contribution in [0.4, 0.5) is 0 Å². The molecular formula is C15H17N3OS2. The molecule has 0 aliphatic heterocycles. The van der Waals surface area contributed by atoms with Gasteiger partial charge >= 0.3 is 0 Å². The van der Waals surface area contributed by atoms with E-state index in [9.17, 15) is 4.79 Å². The molecule has 3 N–H and O–H groups in total. The predicted molar refractivity (Wildman–Crippen MR) is 89.7 cm³/mol. The first-order chi connectivity index (χ1) is 10.0. The minimum Gasteiger partial charge on any atom is -0.389 e. The summed E-state index contributed by atoms with van der Waals surface area (Å²) in [6.07, 6.45) is 2.81. The van der Waals surface area contributed by atoms with Crippen molar-refractivity contribution in [2.75, 3.05) is 0 Å². The number of hydrogen-bond acceptors (Lipinski definition) is 4. The minimum atomic E-state index is -0.158. The number of thiazole rings is 1. The van der Waals surface area contributed by atoms with E-state index in [0.717, 1.165) is 11.4 Å². The maximum absolute atomic E-state index is 12.3. The Hall–Kier alpha value is -1.79. The van der Waals surface area contributed by atoms with E-state index in [0.29, 0.717) is 11.1 Å². The molecule has 6 heteroatoms. The lowest BCUT2D eigenvalue weighted by molar-refractivity contribution is 0.0940. The van der Waals surface area contributed by atoms with Crippen LogP contribution in [0.5, 0.6) is 0 Å². The van der Waals surface area contributed by atoms with Gasteiger partial charge < -0.3 is 11.1 Å². The highest BCUT2D eigenvalue weighted by molar-refractivity contribution is 7.80. The van der Waals surface area contributed by atoms with Crippen LogP contribution in [0.25, 0.3) is 0 Å². The zero-order valence-electron chi connectivity index (χ0n) is 11.9. The number of benzene rings is 1. The van der Waals surface area contributed by atoms with Gasteiger partial charge in [0.2, 0.25) is 0 Å². The van der Waals surface area contributed by atoms with Crippen LogP contribution in [-0.4, -0.2) is 15.9 Å². The number of hydrogen-bond donors (Lipinski definition) is 2. The van der Waals surface area contributed by atoms with Crippen LogP contribution in [0.2, 0.25) is 0 Å². The van der Waals surface area contributed by atoms with Crippen LogP contribution in [0.1, 0.15) is 45.7 Å². The lowest BCUT2D eigenvalue weighted by Gasteiger charge is -2.11. The zero-order chi connectivity index (χ0) is 15.4. The Balaban J connectivity index is 2.10. The van der Waals surface area contributed by atoms with Crippen LogP contribution in [0, 0.1) is 0 Å². The third-order valence-corrected chi connectivity index (χ3v) is 4.61. The highest BCUT2D eigenvalue weighted by atomic mass is 32.1. The lowest BCUT2D eigenvalue weighted by atomic mass is 10.1. The molecule has 1 atom stereocenters. The van der Waals surface area contributed by atoms with Crippen LogP contribution >= 0.6 is 23.6 Å². The van der Waals surface area contributed by atoms with Crippen molar-refractivity contribution in [3.05, 3.63) is 51.5 Å². The van der Waals surface area contributed by atoms with E-state index < -0.39 is 0 Å². The van der Waals surface area contributed by atoms with E-state index >= 15 is 0 Å². The highest BCUT2D eigenvalue weighted by Crippen LogP contribution is 2.20. The quantitative estimate of drug-likeness (QED) is 0.832. The molecule has 0 spiro atoms. The Morgan fingerprint density at radius 2 is 2.19 bits per heavy atom. The molecule has 1 unspecified atom stereocenters. The summed E-state index contributed by atoms with van der Waals surface area (Å²) in [5.74, 6) is -0.158. The third-order valence-electron chi connectivity index (χ3n) is 3.05. The third kappa shape index (κ3) is 3.86. The summed E-state index contributed by atoms with van der Waals surface area (Å²) in [6.45, 7) is 4.01. The molecule has 110 valence electrons. The van der Waals surface area contributed by atoms with Crippen molar-refractivity contribution in [3.8, 4) is 0 Å². The van der Waals surface area contributed by atoms with Crippen LogP contribution < -0.4 is 11.1 Å². The Morgan fingerprint density at radius 1 is 1.48 bits per heavy atom. The van der Waals surface area contributed by atoms with Crippen molar-refractivity contribution in [2.24, 2.45) is 5.73 Å².